The van der Waals surface area contributed by atoms with E-state index in [1.54, 1.807) is 45.9 Å². The van der Waals surface area contributed by atoms with Crippen molar-refractivity contribution in [2.45, 2.75) is 33.6 Å². The number of fused-ring (bicyclic) bond motifs is 1. The van der Waals surface area contributed by atoms with Gasteiger partial charge in [-0.3, -0.25) is 0 Å². The minimum atomic E-state index is -0.708. The van der Waals surface area contributed by atoms with E-state index in [2.05, 4.69) is 15.6 Å². The molecule has 1 N–H and O–H groups in total. The van der Waals surface area contributed by atoms with E-state index in [9.17, 15) is 9.59 Å². The third kappa shape index (κ3) is 3.30. The van der Waals surface area contributed by atoms with Gasteiger partial charge < -0.3 is 14.8 Å². The van der Waals surface area contributed by atoms with Crippen LogP contribution in [0.1, 0.15) is 39.2 Å². The van der Waals surface area contributed by atoms with Crippen LogP contribution in [0.2, 0.25) is 0 Å². The van der Waals surface area contributed by atoms with Gasteiger partial charge in [0.05, 0.1) is 30.3 Å². The quantitative estimate of drug-likeness (QED) is 0.800. The van der Waals surface area contributed by atoms with Crippen LogP contribution in [0, 0.1) is 0 Å². The molecule has 8 heteroatoms. The lowest BCUT2D eigenvalue weighted by atomic mass is 9.80. The van der Waals surface area contributed by atoms with Crippen molar-refractivity contribution in [3.05, 3.63) is 46.3 Å². The molecule has 0 fully saturated rings. The minimum Gasteiger partial charge on any atom is -0.463 e. The summed E-state index contributed by atoms with van der Waals surface area (Å²) in [4.78, 5) is 25.5. The molecule has 0 atom stereocenters. The molecule has 1 aromatic heterocycles. The van der Waals surface area contributed by atoms with Crippen LogP contribution in [0.25, 0.3) is 11.0 Å². The van der Waals surface area contributed by atoms with Gasteiger partial charge in [0.2, 0.25) is 0 Å². The summed E-state index contributed by atoms with van der Waals surface area (Å²) in [6, 6.07) is 5.32. The Bertz CT molecular complexity index is 917. The number of carbonyl (C=O) groups is 2. The average molecular weight is 371 g/mol. The molecule has 0 unspecified atom stereocenters. The van der Waals surface area contributed by atoms with Gasteiger partial charge in [-0.2, -0.15) is 0 Å². The second-order valence-corrected chi connectivity index (χ2v) is 6.06. The number of esters is 2. The highest BCUT2D eigenvalue weighted by Crippen LogP contribution is 2.41. The first-order valence-electron chi connectivity index (χ1n) is 8.73. The van der Waals surface area contributed by atoms with Crippen molar-refractivity contribution < 1.29 is 23.7 Å². The number of hydrogen-bond donors (Lipinski definition) is 1. The maximum absolute atomic E-state index is 12.7. The Kier molecular flexibility index (Phi) is 5.25. The van der Waals surface area contributed by atoms with Gasteiger partial charge in [0.1, 0.15) is 11.0 Å². The highest BCUT2D eigenvalue weighted by molar-refractivity contribution is 6.01. The highest BCUT2D eigenvalue weighted by Gasteiger charge is 2.39. The Morgan fingerprint density at radius 3 is 2.19 bits per heavy atom. The summed E-state index contributed by atoms with van der Waals surface area (Å²) in [5, 5.41) is 10.9. The summed E-state index contributed by atoms with van der Waals surface area (Å²) < 4.78 is 15.4. The molecule has 0 saturated heterocycles. The summed E-state index contributed by atoms with van der Waals surface area (Å²) in [6.07, 6.45) is 0. The molecule has 1 aliphatic rings. The first-order valence-corrected chi connectivity index (χ1v) is 8.73. The van der Waals surface area contributed by atoms with Gasteiger partial charge in [0.25, 0.3) is 0 Å². The van der Waals surface area contributed by atoms with Gasteiger partial charge in [-0.1, -0.05) is 12.1 Å². The van der Waals surface area contributed by atoms with Crippen LogP contribution in [-0.2, 0) is 19.1 Å². The molecule has 2 heterocycles. The van der Waals surface area contributed by atoms with E-state index >= 15 is 0 Å². The highest BCUT2D eigenvalue weighted by atomic mass is 16.6. The Balaban J connectivity index is 2.25. The van der Waals surface area contributed by atoms with Crippen molar-refractivity contribution in [1.29, 1.82) is 0 Å². The second-order valence-electron chi connectivity index (χ2n) is 6.06. The van der Waals surface area contributed by atoms with Crippen LogP contribution >= 0.6 is 0 Å². The Morgan fingerprint density at radius 2 is 1.63 bits per heavy atom. The van der Waals surface area contributed by atoms with Crippen LogP contribution in [0.4, 0.5) is 0 Å². The van der Waals surface area contributed by atoms with E-state index in [1.165, 1.54) is 0 Å². The van der Waals surface area contributed by atoms with Crippen LogP contribution in [0.15, 0.2) is 45.4 Å². The SMILES string of the molecule is CCOC(=O)C1=C(C)NC(C)=C(C(=O)OCC)C1c1cccc2nonc12. The lowest BCUT2D eigenvalue weighted by Gasteiger charge is -2.30. The largest absolute Gasteiger partial charge is 0.463 e. The van der Waals surface area contributed by atoms with Gasteiger partial charge in [-0.15, -0.1) is 0 Å². The van der Waals surface area contributed by atoms with E-state index in [0.29, 0.717) is 39.1 Å². The van der Waals surface area contributed by atoms with Crippen molar-refractivity contribution in [3.63, 3.8) is 0 Å². The van der Waals surface area contributed by atoms with E-state index in [1.807, 2.05) is 0 Å². The fraction of sp³-hybridized carbons (Fsp3) is 0.368. The molecule has 1 aliphatic heterocycles. The number of rotatable bonds is 5. The topological polar surface area (TPSA) is 104 Å². The molecule has 142 valence electrons. The molecular weight excluding hydrogens is 350 g/mol. The number of allylic oxidation sites excluding steroid dienone is 2. The van der Waals surface area contributed by atoms with E-state index in [4.69, 9.17) is 14.1 Å². The molecule has 1 aromatic carbocycles. The van der Waals surface area contributed by atoms with Crippen LogP contribution in [-0.4, -0.2) is 35.5 Å². The Morgan fingerprint density at radius 1 is 1.04 bits per heavy atom. The number of nitrogens with one attached hydrogen (secondary N) is 1. The maximum atomic E-state index is 12.7. The number of nitrogens with zero attached hydrogens (tertiary/aromatic N) is 2. The predicted molar refractivity (Wildman–Crippen MR) is 96.3 cm³/mol. The lowest BCUT2D eigenvalue weighted by Crippen LogP contribution is -2.32. The van der Waals surface area contributed by atoms with Crippen molar-refractivity contribution in [3.8, 4) is 0 Å². The molecule has 0 saturated carbocycles. The molecule has 0 spiro atoms. The number of ether oxygens (including phenoxy) is 2. The zero-order valence-electron chi connectivity index (χ0n) is 15.7. The molecule has 27 heavy (non-hydrogen) atoms. The maximum Gasteiger partial charge on any atom is 0.336 e. The van der Waals surface area contributed by atoms with Crippen LogP contribution in [0.5, 0.6) is 0 Å². The smallest absolute Gasteiger partial charge is 0.336 e. The van der Waals surface area contributed by atoms with Gasteiger partial charge in [0, 0.05) is 11.4 Å². The Hall–Kier alpha value is -3.16. The number of benzene rings is 1. The first-order chi connectivity index (χ1) is 13.0. The summed E-state index contributed by atoms with van der Waals surface area (Å²) >= 11 is 0. The first kappa shape index (κ1) is 18.6. The van der Waals surface area contributed by atoms with Crippen molar-refractivity contribution in [2.24, 2.45) is 0 Å². The Labute approximate surface area is 156 Å². The zero-order valence-corrected chi connectivity index (χ0v) is 15.7. The zero-order chi connectivity index (χ0) is 19.6. The summed E-state index contributed by atoms with van der Waals surface area (Å²) in [7, 11) is 0. The van der Waals surface area contributed by atoms with Gasteiger partial charge in [0.15, 0.2) is 0 Å². The number of hydrogen-bond acceptors (Lipinski definition) is 8. The molecular formula is C19H21N3O5. The summed E-state index contributed by atoms with van der Waals surface area (Å²) in [5.74, 6) is -1.72. The van der Waals surface area contributed by atoms with Crippen molar-refractivity contribution in [1.82, 2.24) is 15.6 Å². The van der Waals surface area contributed by atoms with Gasteiger partial charge in [-0.05, 0) is 49.6 Å². The fourth-order valence-electron chi connectivity index (χ4n) is 3.32. The number of aromatic nitrogens is 2. The van der Waals surface area contributed by atoms with Gasteiger partial charge >= 0.3 is 11.9 Å². The third-order valence-electron chi connectivity index (χ3n) is 4.38. The molecule has 0 radical (unpaired) electrons. The third-order valence-corrected chi connectivity index (χ3v) is 4.38. The standard InChI is InChI=1S/C19H21N3O5/c1-5-25-18(23)14-10(3)20-11(4)15(19(24)26-6-2)16(14)12-8-7-9-13-17(12)22-27-21-13/h7-9,16,20H,5-6H2,1-4H3. The molecule has 0 amide bonds. The average Bonchev–Trinajstić information content (AvgIpc) is 3.10. The molecule has 3 rings (SSSR count). The van der Waals surface area contributed by atoms with E-state index < -0.39 is 17.9 Å². The number of carbonyl (C=O) groups excluding carboxylic acids is 2. The van der Waals surface area contributed by atoms with Gasteiger partial charge in [-0.25, -0.2) is 14.2 Å². The van der Waals surface area contributed by atoms with Crippen molar-refractivity contribution >= 4 is 23.0 Å². The summed E-state index contributed by atoms with van der Waals surface area (Å²) in [5.41, 5.74) is 3.53. The minimum absolute atomic E-state index is 0.218. The van der Waals surface area contributed by atoms with Crippen LogP contribution < -0.4 is 5.32 Å². The molecule has 2 aromatic rings. The van der Waals surface area contributed by atoms with E-state index in [-0.39, 0.29) is 13.2 Å². The van der Waals surface area contributed by atoms with Crippen molar-refractivity contribution in [2.75, 3.05) is 13.2 Å². The fourth-order valence-corrected chi connectivity index (χ4v) is 3.32. The number of dihydropyridines is 1. The molecule has 8 nitrogen and oxygen atoms in total. The van der Waals surface area contributed by atoms with E-state index in [0.717, 1.165) is 0 Å². The molecule has 0 bridgehead atoms. The second kappa shape index (κ2) is 7.61. The summed E-state index contributed by atoms with van der Waals surface area (Å²) in [6.45, 7) is 7.44. The van der Waals surface area contributed by atoms with Crippen LogP contribution in [0.3, 0.4) is 0 Å². The molecule has 0 aliphatic carbocycles. The predicted octanol–water partition coefficient (Wildman–Crippen LogP) is 2.58. The monoisotopic (exact) mass is 371 g/mol. The lowest BCUT2D eigenvalue weighted by molar-refractivity contribution is -0.139. The normalized spacial score (nSPS) is 15.1.